The minimum atomic E-state index is 0.828. The molecule has 0 spiro atoms. The van der Waals surface area contributed by atoms with Gasteiger partial charge in [0.05, 0.1) is 30.1 Å². The predicted molar refractivity (Wildman–Crippen MR) is 112 cm³/mol. The molecule has 0 unspecified atom stereocenters. The van der Waals surface area contributed by atoms with Gasteiger partial charge in [-0.3, -0.25) is 14.5 Å². The van der Waals surface area contributed by atoms with Gasteiger partial charge in [-0.2, -0.15) is 0 Å². The number of hydrogen-bond acceptors (Lipinski definition) is 4. The lowest BCUT2D eigenvalue weighted by Crippen LogP contribution is -2.45. The van der Waals surface area contributed by atoms with Crippen LogP contribution in [-0.2, 0) is 19.6 Å². The molecule has 2 aromatic carbocycles. The molecule has 0 radical (unpaired) electrons. The van der Waals surface area contributed by atoms with Crippen LogP contribution in [0.2, 0.25) is 0 Å². The molecule has 0 saturated carbocycles. The number of benzene rings is 2. The summed E-state index contributed by atoms with van der Waals surface area (Å²) in [7, 11) is 0. The van der Waals surface area contributed by atoms with E-state index in [-0.39, 0.29) is 0 Å². The number of fused-ring (bicyclic) bond motifs is 3. The zero-order valence-corrected chi connectivity index (χ0v) is 15.8. The third kappa shape index (κ3) is 3.37. The summed E-state index contributed by atoms with van der Waals surface area (Å²) < 4.78 is 2.33. The van der Waals surface area contributed by atoms with Gasteiger partial charge >= 0.3 is 0 Å². The van der Waals surface area contributed by atoms with Gasteiger partial charge < -0.3 is 4.90 Å². The molecule has 3 heterocycles. The first-order chi connectivity index (χ1) is 13.9. The number of nitrogens with zero attached hydrogens (tertiary/aromatic N) is 5. The van der Waals surface area contributed by atoms with E-state index in [0.717, 1.165) is 50.0 Å². The topological polar surface area (TPSA) is 37.2 Å². The molecule has 28 heavy (non-hydrogen) atoms. The van der Waals surface area contributed by atoms with Crippen LogP contribution >= 0.6 is 0 Å². The molecule has 0 saturated heterocycles. The van der Waals surface area contributed by atoms with Crippen molar-refractivity contribution < 1.29 is 0 Å². The lowest BCUT2D eigenvalue weighted by Gasteiger charge is -2.37. The molecular weight excluding hydrogens is 346 g/mol. The molecular formula is C23H23N5. The Labute approximate surface area is 164 Å². The standard InChI is InChI=1S/C23H23N5/c1-2-8-19(9-3-1)13-15-27-17-26(16-20-10-6-7-14-24-20)18-28-22-12-5-4-11-21(22)25-23(27)28/h1-12,14H,13,15-18H2. The predicted octanol–water partition coefficient (Wildman–Crippen LogP) is 3.91. The summed E-state index contributed by atoms with van der Waals surface area (Å²) in [5, 5.41) is 0. The lowest BCUT2D eigenvalue weighted by atomic mass is 10.1. The highest BCUT2D eigenvalue weighted by molar-refractivity contribution is 5.79. The van der Waals surface area contributed by atoms with E-state index in [1.54, 1.807) is 0 Å². The Balaban J connectivity index is 1.44. The van der Waals surface area contributed by atoms with Crippen LogP contribution in [0.3, 0.4) is 0 Å². The molecule has 0 bridgehead atoms. The van der Waals surface area contributed by atoms with Crippen molar-refractivity contribution >= 4 is 17.0 Å². The number of rotatable bonds is 5. The van der Waals surface area contributed by atoms with Crippen molar-refractivity contribution in [1.82, 2.24) is 19.4 Å². The second-order valence-corrected chi connectivity index (χ2v) is 7.26. The molecule has 1 aliphatic heterocycles. The fourth-order valence-corrected chi connectivity index (χ4v) is 3.89. The maximum Gasteiger partial charge on any atom is 0.208 e. The molecule has 0 aliphatic carbocycles. The van der Waals surface area contributed by atoms with Crippen LogP contribution in [0.15, 0.2) is 79.0 Å². The van der Waals surface area contributed by atoms with Crippen LogP contribution in [0.1, 0.15) is 11.3 Å². The summed E-state index contributed by atoms with van der Waals surface area (Å²) >= 11 is 0. The number of imidazole rings is 1. The molecule has 0 fully saturated rings. The molecule has 0 N–H and O–H groups in total. The summed E-state index contributed by atoms with van der Waals surface area (Å²) in [6.07, 6.45) is 2.87. The third-order valence-electron chi connectivity index (χ3n) is 5.25. The first-order valence-corrected chi connectivity index (χ1v) is 9.73. The zero-order valence-electron chi connectivity index (χ0n) is 15.8. The van der Waals surface area contributed by atoms with Crippen molar-refractivity contribution in [2.45, 2.75) is 19.6 Å². The van der Waals surface area contributed by atoms with Gasteiger partial charge in [-0.15, -0.1) is 0 Å². The van der Waals surface area contributed by atoms with Crippen LogP contribution in [-0.4, -0.2) is 32.6 Å². The Hall–Kier alpha value is -3.18. The zero-order chi connectivity index (χ0) is 18.8. The Morgan fingerprint density at radius 1 is 0.821 bits per heavy atom. The second-order valence-electron chi connectivity index (χ2n) is 7.26. The minimum Gasteiger partial charge on any atom is -0.329 e. The fourth-order valence-electron chi connectivity index (χ4n) is 3.89. The van der Waals surface area contributed by atoms with Gasteiger partial charge in [-0.05, 0) is 36.2 Å². The van der Waals surface area contributed by atoms with Crippen molar-refractivity contribution in [3.63, 3.8) is 0 Å². The molecule has 2 aromatic heterocycles. The van der Waals surface area contributed by atoms with Crippen LogP contribution < -0.4 is 4.90 Å². The summed E-state index contributed by atoms with van der Waals surface area (Å²) in [4.78, 5) is 14.3. The molecule has 5 rings (SSSR count). The van der Waals surface area contributed by atoms with E-state index in [9.17, 15) is 0 Å². The van der Waals surface area contributed by atoms with E-state index in [2.05, 4.69) is 86.1 Å². The van der Waals surface area contributed by atoms with Crippen LogP contribution in [0.5, 0.6) is 0 Å². The number of aromatic nitrogens is 3. The van der Waals surface area contributed by atoms with Gasteiger partial charge in [0.2, 0.25) is 5.95 Å². The highest BCUT2D eigenvalue weighted by Crippen LogP contribution is 2.27. The van der Waals surface area contributed by atoms with Gasteiger partial charge in [0.25, 0.3) is 0 Å². The summed E-state index contributed by atoms with van der Waals surface area (Å²) in [5.41, 5.74) is 4.69. The van der Waals surface area contributed by atoms with E-state index < -0.39 is 0 Å². The maximum absolute atomic E-state index is 4.94. The molecule has 0 atom stereocenters. The average Bonchev–Trinajstić information content (AvgIpc) is 3.12. The van der Waals surface area contributed by atoms with E-state index in [4.69, 9.17) is 4.98 Å². The largest absolute Gasteiger partial charge is 0.329 e. The molecule has 1 aliphatic rings. The van der Waals surface area contributed by atoms with Gasteiger partial charge in [0.15, 0.2) is 0 Å². The van der Waals surface area contributed by atoms with E-state index >= 15 is 0 Å². The minimum absolute atomic E-state index is 0.828. The first-order valence-electron chi connectivity index (χ1n) is 9.73. The van der Waals surface area contributed by atoms with Gasteiger partial charge in [-0.1, -0.05) is 48.5 Å². The molecule has 4 aromatic rings. The second kappa shape index (κ2) is 7.44. The quantitative estimate of drug-likeness (QED) is 0.534. The highest BCUT2D eigenvalue weighted by Gasteiger charge is 2.25. The Morgan fingerprint density at radius 3 is 2.50 bits per heavy atom. The summed E-state index contributed by atoms with van der Waals surface area (Å²) in [6, 6.07) is 25.2. The smallest absolute Gasteiger partial charge is 0.208 e. The van der Waals surface area contributed by atoms with Crippen LogP contribution in [0.25, 0.3) is 11.0 Å². The van der Waals surface area contributed by atoms with E-state index in [1.165, 1.54) is 11.1 Å². The van der Waals surface area contributed by atoms with Gasteiger partial charge in [-0.25, -0.2) is 4.98 Å². The van der Waals surface area contributed by atoms with Crippen molar-refractivity contribution in [2.75, 3.05) is 18.1 Å². The van der Waals surface area contributed by atoms with Crippen LogP contribution in [0, 0.1) is 0 Å². The number of hydrogen-bond donors (Lipinski definition) is 0. The Kier molecular flexibility index (Phi) is 4.51. The van der Waals surface area contributed by atoms with Gasteiger partial charge in [0, 0.05) is 19.3 Å². The average molecular weight is 369 g/mol. The van der Waals surface area contributed by atoms with Crippen molar-refractivity contribution in [2.24, 2.45) is 0 Å². The normalized spacial score (nSPS) is 14.4. The van der Waals surface area contributed by atoms with E-state index in [0.29, 0.717) is 0 Å². The van der Waals surface area contributed by atoms with Crippen molar-refractivity contribution in [3.05, 3.63) is 90.3 Å². The third-order valence-corrected chi connectivity index (χ3v) is 5.25. The van der Waals surface area contributed by atoms with Gasteiger partial charge in [0.1, 0.15) is 0 Å². The highest BCUT2D eigenvalue weighted by atomic mass is 15.5. The monoisotopic (exact) mass is 369 g/mol. The maximum atomic E-state index is 4.94. The SMILES string of the molecule is c1ccc(CCN2CN(Cc3ccccn3)Cn3c2nc2ccccc23)cc1. The summed E-state index contributed by atoms with van der Waals surface area (Å²) in [6.45, 7) is 3.45. The molecule has 0 amide bonds. The van der Waals surface area contributed by atoms with Crippen LogP contribution in [0.4, 0.5) is 5.95 Å². The fraction of sp³-hybridized carbons (Fsp3) is 0.217. The van der Waals surface area contributed by atoms with Crippen molar-refractivity contribution in [3.8, 4) is 0 Å². The molecule has 140 valence electrons. The first kappa shape index (κ1) is 17.0. The molecule has 5 heteroatoms. The van der Waals surface area contributed by atoms with E-state index in [1.807, 2.05) is 12.3 Å². The molecule has 5 nitrogen and oxygen atoms in total. The lowest BCUT2D eigenvalue weighted by molar-refractivity contribution is 0.188. The Morgan fingerprint density at radius 2 is 1.64 bits per heavy atom. The number of pyridine rings is 1. The number of anilines is 1. The summed E-state index contributed by atoms with van der Waals surface area (Å²) in [5.74, 6) is 1.06. The Bertz CT molecular complexity index is 1060. The number of para-hydroxylation sites is 2. The van der Waals surface area contributed by atoms with Crippen molar-refractivity contribution in [1.29, 1.82) is 0 Å².